The van der Waals surface area contributed by atoms with Crippen LogP contribution in [0.15, 0.2) is 199 Å². The zero-order valence-corrected chi connectivity index (χ0v) is 31.2. The summed E-state index contributed by atoms with van der Waals surface area (Å²) in [5.74, 6) is 1.83. The Bertz CT molecular complexity index is 3500. The average Bonchev–Trinajstić information content (AvgIpc) is 3.86. The minimum Gasteiger partial charge on any atom is -0.453 e. The van der Waals surface area contributed by atoms with Crippen LogP contribution in [0.5, 0.6) is 0 Å². The third-order valence-corrected chi connectivity index (χ3v) is 11.4. The smallest absolute Gasteiger partial charge is 0.164 e. The first-order chi connectivity index (χ1) is 28.8. The molecule has 9 aromatic carbocycles. The number of nitrogens with zero attached hydrogens (tertiary/aromatic N) is 4. The topological polar surface area (TPSA) is 56.7 Å². The lowest BCUT2D eigenvalue weighted by atomic mass is 9.99. The quantitative estimate of drug-likeness (QED) is 0.176. The van der Waals surface area contributed by atoms with E-state index in [1.165, 1.54) is 32.7 Å². The molecule has 0 N–H and O–H groups in total. The molecule has 0 atom stereocenters. The fraction of sp³-hybridized carbons (Fsp3) is 0. The molecule has 0 aliphatic heterocycles. The van der Waals surface area contributed by atoms with Gasteiger partial charge >= 0.3 is 0 Å². The van der Waals surface area contributed by atoms with Crippen LogP contribution < -0.4 is 0 Å². The number of furan rings is 1. The Labute approximate surface area is 333 Å². The third kappa shape index (κ3) is 5.00. The van der Waals surface area contributed by atoms with Gasteiger partial charge in [0, 0.05) is 43.6 Å². The van der Waals surface area contributed by atoms with Crippen molar-refractivity contribution in [3.05, 3.63) is 194 Å². The zero-order chi connectivity index (χ0) is 38.2. The van der Waals surface area contributed by atoms with E-state index in [1.54, 1.807) is 0 Å². The van der Waals surface area contributed by atoms with Gasteiger partial charge in [0.15, 0.2) is 23.1 Å². The summed E-state index contributed by atoms with van der Waals surface area (Å²) in [5.41, 5.74) is 9.91. The maximum atomic E-state index is 7.20. The summed E-state index contributed by atoms with van der Waals surface area (Å²) >= 11 is 0. The van der Waals surface area contributed by atoms with Gasteiger partial charge in [0.2, 0.25) is 0 Å². The number of benzene rings is 9. The number of aromatic nitrogens is 4. The fourth-order valence-electron chi connectivity index (χ4n) is 8.76. The average molecular weight is 741 g/mol. The van der Waals surface area contributed by atoms with E-state index in [0.717, 1.165) is 66.1 Å². The SMILES string of the molecule is c1ccc(-c2ccc3c(c2)c2c4ccccc4ccc2n3-c2cccc3c2oc2c4ccccc4cc(-c4nc(-c5ccccc5)nc(-c5ccccc5)n4)c32)cc1. The maximum Gasteiger partial charge on any atom is 0.164 e. The number of fused-ring (bicyclic) bond motifs is 10. The van der Waals surface area contributed by atoms with Gasteiger partial charge in [-0.2, -0.15) is 0 Å². The van der Waals surface area contributed by atoms with E-state index < -0.39 is 0 Å². The van der Waals surface area contributed by atoms with Crippen molar-refractivity contribution in [1.29, 1.82) is 0 Å². The Balaban J connectivity index is 1.17. The van der Waals surface area contributed by atoms with Crippen molar-refractivity contribution in [1.82, 2.24) is 19.5 Å². The normalized spacial score (nSPS) is 11.8. The van der Waals surface area contributed by atoms with Crippen LogP contribution >= 0.6 is 0 Å². The molecule has 12 aromatic rings. The molecule has 0 amide bonds. The number of para-hydroxylation sites is 1. The lowest BCUT2D eigenvalue weighted by molar-refractivity contribution is 0.670. The highest BCUT2D eigenvalue weighted by Gasteiger charge is 2.24. The molecule has 0 radical (unpaired) electrons. The fourth-order valence-corrected chi connectivity index (χ4v) is 8.76. The highest BCUT2D eigenvalue weighted by Crippen LogP contribution is 2.45. The minimum absolute atomic E-state index is 0.591. The number of hydrogen-bond acceptors (Lipinski definition) is 4. The van der Waals surface area contributed by atoms with Gasteiger partial charge < -0.3 is 8.98 Å². The second-order valence-electron chi connectivity index (χ2n) is 14.8. The van der Waals surface area contributed by atoms with E-state index in [2.05, 4.69) is 138 Å². The minimum atomic E-state index is 0.591. The molecule has 3 aromatic heterocycles. The Kier molecular flexibility index (Phi) is 7.16. The second kappa shape index (κ2) is 12.8. The van der Waals surface area contributed by atoms with Crippen LogP contribution in [-0.4, -0.2) is 19.5 Å². The predicted molar refractivity (Wildman–Crippen MR) is 238 cm³/mol. The first-order valence-electron chi connectivity index (χ1n) is 19.5. The molecule has 3 heterocycles. The molecule has 5 heteroatoms. The summed E-state index contributed by atoms with van der Waals surface area (Å²) in [6, 6.07) is 67.9. The van der Waals surface area contributed by atoms with Crippen molar-refractivity contribution in [3.63, 3.8) is 0 Å². The van der Waals surface area contributed by atoms with E-state index in [0.29, 0.717) is 17.5 Å². The van der Waals surface area contributed by atoms with Gasteiger partial charge in [-0.1, -0.05) is 164 Å². The van der Waals surface area contributed by atoms with E-state index in [9.17, 15) is 0 Å². The van der Waals surface area contributed by atoms with Crippen molar-refractivity contribution < 1.29 is 4.42 Å². The molecule has 12 rings (SSSR count). The van der Waals surface area contributed by atoms with Gasteiger partial charge in [-0.3, -0.25) is 0 Å². The summed E-state index contributed by atoms with van der Waals surface area (Å²) in [7, 11) is 0. The third-order valence-electron chi connectivity index (χ3n) is 11.4. The first-order valence-corrected chi connectivity index (χ1v) is 19.5. The number of hydrogen-bond donors (Lipinski definition) is 0. The summed E-state index contributed by atoms with van der Waals surface area (Å²) in [6.07, 6.45) is 0. The van der Waals surface area contributed by atoms with Gasteiger partial charge in [-0.05, 0) is 57.6 Å². The van der Waals surface area contributed by atoms with Gasteiger partial charge in [-0.25, -0.2) is 15.0 Å². The molecule has 58 heavy (non-hydrogen) atoms. The Morgan fingerprint density at radius 3 is 1.66 bits per heavy atom. The summed E-state index contributed by atoms with van der Waals surface area (Å²) < 4.78 is 9.58. The summed E-state index contributed by atoms with van der Waals surface area (Å²) in [6.45, 7) is 0. The van der Waals surface area contributed by atoms with Crippen LogP contribution in [0.3, 0.4) is 0 Å². The molecule has 0 saturated carbocycles. The van der Waals surface area contributed by atoms with E-state index >= 15 is 0 Å². The molecule has 0 fully saturated rings. The van der Waals surface area contributed by atoms with Crippen LogP contribution in [0.4, 0.5) is 0 Å². The molecule has 0 aliphatic rings. The molecule has 0 aliphatic carbocycles. The van der Waals surface area contributed by atoms with Crippen LogP contribution in [0.25, 0.3) is 116 Å². The molecule has 0 saturated heterocycles. The van der Waals surface area contributed by atoms with Crippen molar-refractivity contribution in [2.24, 2.45) is 0 Å². The lowest BCUT2D eigenvalue weighted by Crippen LogP contribution is -2.00. The van der Waals surface area contributed by atoms with E-state index in [-0.39, 0.29) is 0 Å². The monoisotopic (exact) mass is 740 g/mol. The largest absolute Gasteiger partial charge is 0.453 e. The molecular formula is C53H32N4O. The molecular weight excluding hydrogens is 709 g/mol. The molecule has 270 valence electrons. The van der Waals surface area contributed by atoms with Gasteiger partial charge in [0.25, 0.3) is 0 Å². The van der Waals surface area contributed by atoms with Crippen LogP contribution in [0, 0.1) is 0 Å². The molecule has 0 spiro atoms. The first kappa shape index (κ1) is 32.4. The Hall–Kier alpha value is -7.89. The van der Waals surface area contributed by atoms with E-state index in [4.69, 9.17) is 19.4 Å². The highest BCUT2D eigenvalue weighted by molar-refractivity contribution is 6.24. The molecule has 0 bridgehead atoms. The number of rotatable bonds is 5. The van der Waals surface area contributed by atoms with Gasteiger partial charge in [0.1, 0.15) is 5.58 Å². The van der Waals surface area contributed by atoms with Crippen LogP contribution in [0.2, 0.25) is 0 Å². The lowest BCUT2D eigenvalue weighted by Gasteiger charge is -2.11. The maximum absolute atomic E-state index is 7.20. The predicted octanol–water partition coefficient (Wildman–Crippen LogP) is 13.8. The molecule has 5 nitrogen and oxygen atoms in total. The van der Waals surface area contributed by atoms with Crippen molar-refractivity contribution in [2.45, 2.75) is 0 Å². The molecule has 0 unspecified atom stereocenters. The van der Waals surface area contributed by atoms with Crippen molar-refractivity contribution >= 4 is 65.3 Å². The summed E-state index contributed by atoms with van der Waals surface area (Å²) in [5, 5.41) is 8.88. The van der Waals surface area contributed by atoms with Gasteiger partial charge in [-0.15, -0.1) is 0 Å². The van der Waals surface area contributed by atoms with Crippen molar-refractivity contribution in [3.8, 4) is 51.0 Å². The van der Waals surface area contributed by atoms with Crippen LogP contribution in [0.1, 0.15) is 0 Å². The standard InChI is InChI=1S/C53H32N4O/c1-4-15-33(16-5-1)37-28-29-44-42(31-37)47-39-23-12-10-17-34(39)27-30-45(47)57(44)46-26-14-25-41-48-43(32-38-22-11-13-24-40(38)50(48)58-49(41)46)53-55-51(35-18-6-2-7-19-35)54-52(56-53)36-20-8-3-9-21-36/h1-32H. The van der Waals surface area contributed by atoms with Gasteiger partial charge in [0.05, 0.1) is 16.7 Å². The second-order valence-corrected chi connectivity index (χ2v) is 14.8. The zero-order valence-electron chi connectivity index (χ0n) is 31.2. The van der Waals surface area contributed by atoms with Crippen molar-refractivity contribution in [2.75, 3.05) is 0 Å². The van der Waals surface area contributed by atoms with Crippen LogP contribution in [-0.2, 0) is 0 Å². The summed E-state index contributed by atoms with van der Waals surface area (Å²) in [4.78, 5) is 15.4. The Morgan fingerprint density at radius 1 is 0.345 bits per heavy atom. The Morgan fingerprint density at radius 2 is 0.931 bits per heavy atom. The highest BCUT2D eigenvalue weighted by atomic mass is 16.3. The van der Waals surface area contributed by atoms with E-state index in [1.807, 2.05) is 60.7 Å².